The molecule has 0 aliphatic rings. The molecule has 0 fully saturated rings. The summed E-state index contributed by atoms with van der Waals surface area (Å²) in [4.78, 5) is 0. The van der Waals surface area contributed by atoms with Gasteiger partial charge in [-0.25, -0.2) is 0 Å². The monoisotopic (exact) mass is 305 g/mol. The summed E-state index contributed by atoms with van der Waals surface area (Å²) in [6.07, 6.45) is 1.11. The Labute approximate surface area is 130 Å². The average molecular weight is 306 g/mol. The van der Waals surface area contributed by atoms with Crippen molar-refractivity contribution in [2.24, 2.45) is 0 Å². The molecule has 2 aromatic rings. The molecular weight excluding hydrogens is 286 g/mol. The van der Waals surface area contributed by atoms with Crippen LogP contribution in [-0.2, 0) is 6.54 Å². The second kappa shape index (κ2) is 7.91. The third kappa shape index (κ3) is 4.66. The number of rotatable bonds is 7. The summed E-state index contributed by atoms with van der Waals surface area (Å²) in [7, 11) is 1.63. The molecule has 1 N–H and O–H groups in total. The van der Waals surface area contributed by atoms with E-state index in [1.807, 2.05) is 42.5 Å². The van der Waals surface area contributed by atoms with Crippen molar-refractivity contribution in [2.75, 3.05) is 13.7 Å². The fraction of sp³-hybridized carbons (Fsp3) is 0.294. The molecule has 0 aliphatic heterocycles. The predicted octanol–water partition coefficient (Wildman–Crippen LogP) is 4.64. The highest BCUT2D eigenvalue weighted by molar-refractivity contribution is 6.31. The highest BCUT2D eigenvalue weighted by Gasteiger charge is 2.04. The molecule has 4 heteroatoms. The first kappa shape index (κ1) is 15.7. The van der Waals surface area contributed by atoms with Gasteiger partial charge >= 0.3 is 0 Å². The van der Waals surface area contributed by atoms with Gasteiger partial charge in [-0.15, -0.1) is 0 Å². The van der Waals surface area contributed by atoms with E-state index in [9.17, 15) is 0 Å². The van der Waals surface area contributed by atoms with Gasteiger partial charge < -0.3 is 14.8 Å². The highest BCUT2D eigenvalue weighted by atomic mass is 35.5. The maximum Gasteiger partial charge on any atom is 0.131 e. The fourth-order valence-corrected chi connectivity index (χ4v) is 2.17. The zero-order valence-corrected chi connectivity index (χ0v) is 13.1. The van der Waals surface area contributed by atoms with Gasteiger partial charge in [0, 0.05) is 17.6 Å². The van der Waals surface area contributed by atoms with Crippen molar-refractivity contribution in [3.05, 3.63) is 53.1 Å². The van der Waals surface area contributed by atoms with E-state index in [1.54, 1.807) is 7.11 Å². The standard InChI is InChI=1S/C17H20ClNO2/c1-3-9-19-12-13-7-8-16(11-17(13)18)21-15-6-4-5-14(10-15)20-2/h4-8,10-11,19H,3,9,12H2,1-2H3. The summed E-state index contributed by atoms with van der Waals surface area (Å²) in [5.41, 5.74) is 1.07. The number of ether oxygens (including phenoxy) is 2. The molecule has 0 spiro atoms. The number of benzene rings is 2. The van der Waals surface area contributed by atoms with Gasteiger partial charge in [0.1, 0.15) is 17.2 Å². The van der Waals surface area contributed by atoms with Crippen LogP contribution >= 0.6 is 11.6 Å². The van der Waals surface area contributed by atoms with E-state index in [1.165, 1.54) is 0 Å². The van der Waals surface area contributed by atoms with Crippen LogP contribution in [-0.4, -0.2) is 13.7 Å². The lowest BCUT2D eigenvalue weighted by molar-refractivity contribution is 0.409. The van der Waals surface area contributed by atoms with Gasteiger partial charge in [0.2, 0.25) is 0 Å². The van der Waals surface area contributed by atoms with Gasteiger partial charge in [-0.1, -0.05) is 30.7 Å². The van der Waals surface area contributed by atoms with Crippen LogP contribution in [0, 0.1) is 0 Å². The van der Waals surface area contributed by atoms with Crippen LogP contribution in [0.4, 0.5) is 0 Å². The molecule has 0 radical (unpaired) electrons. The Balaban J connectivity index is 2.05. The molecule has 0 saturated carbocycles. The number of halogens is 1. The molecule has 0 unspecified atom stereocenters. The number of hydrogen-bond donors (Lipinski definition) is 1. The van der Waals surface area contributed by atoms with Gasteiger partial charge in [0.25, 0.3) is 0 Å². The Morgan fingerprint density at radius 2 is 1.81 bits per heavy atom. The number of methoxy groups -OCH3 is 1. The summed E-state index contributed by atoms with van der Waals surface area (Å²) < 4.78 is 11.0. The minimum Gasteiger partial charge on any atom is -0.497 e. The van der Waals surface area contributed by atoms with Crippen LogP contribution in [0.5, 0.6) is 17.2 Å². The molecule has 3 nitrogen and oxygen atoms in total. The summed E-state index contributed by atoms with van der Waals surface area (Å²) in [6.45, 7) is 3.89. The van der Waals surface area contributed by atoms with Crippen LogP contribution in [0.15, 0.2) is 42.5 Å². The molecule has 0 atom stereocenters. The van der Waals surface area contributed by atoms with Gasteiger partial charge in [0.15, 0.2) is 0 Å². The lowest BCUT2D eigenvalue weighted by atomic mass is 10.2. The molecule has 0 heterocycles. The SMILES string of the molecule is CCCNCc1ccc(Oc2cccc(OC)c2)cc1Cl. The van der Waals surface area contributed by atoms with Gasteiger partial charge in [-0.3, -0.25) is 0 Å². The van der Waals surface area contributed by atoms with E-state index in [4.69, 9.17) is 21.1 Å². The van der Waals surface area contributed by atoms with Crippen molar-refractivity contribution in [1.82, 2.24) is 5.32 Å². The van der Waals surface area contributed by atoms with Crippen molar-refractivity contribution >= 4 is 11.6 Å². The van der Waals surface area contributed by atoms with Crippen LogP contribution < -0.4 is 14.8 Å². The van der Waals surface area contributed by atoms with Crippen LogP contribution in [0.1, 0.15) is 18.9 Å². The zero-order chi connectivity index (χ0) is 15.1. The van der Waals surface area contributed by atoms with Gasteiger partial charge in [0.05, 0.1) is 7.11 Å². The van der Waals surface area contributed by atoms with Crippen molar-refractivity contribution in [3.63, 3.8) is 0 Å². The summed E-state index contributed by atoms with van der Waals surface area (Å²) >= 11 is 6.29. The second-order valence-electron chi connectivity index (χ2n) is 4.71. The fourth-order valence-electron chi connectivity index (χ4n) is 1.94. The molecule has 0 aliphatic carbocycles. The normalized spacial score (nSPS) is 10.4. The molecule has 0 amide bonds. The van der Waals surface area contributed by atoms with Crippen LogP contribution in [0.3, 0.4) is 0 Å². The minimum absolute atomic E-state index is 0.707. The van der Waals surface area contributed by atoms with Gasteiger partial charge in [-0.2, -0.15) is 0 Å². The van der Waals surface area contributed by atoms with Gasteiger partial charge in [-0.05, 0) is 42.8 Å². The third-order valence-corrected chi connectivity index (χ3v) is 3.40. The molecular formula is C17H20ClNO2. The highest BCUT2D eigenvalue weighted by Crippen LogP contribution is 2.28. The lowest BCUT2D eigenvalue weighted by Crippen LogP contribution is -2.13. The minimum atomic E-state index is 0.707. The summed E-state index contributed by atoms with van der Waals surface area (Å²) in [5.74, 6) is 2.20. The maximum atomic E-state index is 6.29. The molecule has 2 aromatic carbocycles. The van der Waals surface area contributed by atoms with E-state index < -0.39 is 0 Å². The Kier molecular flexibility index (Phi) is 5.90. The van der Waals surface area contributed by atoms with Crippen LogP contribution in [0.2, 0.25) is 5.02 Å². The Morgan fingerprint density at radius 1 is 1.05 bits per heavy atom. The number of hydrogen-bond acceptors (Lipinski definition) is 3. The Morgan fingerprint density at radius 3 is 2.52 bits per heavy atom. The molecule has 21 heavy (non-hydrogen) atoms. The number of nitrogens with one attached hydrogen (secondary N) is 1. The second-order valence-corrected chi connectivity index (χ2v) is 5.12. The molecule has 0 bridgehead atoms. The van der Waals surface area contributed by atoms with Crippen molar-refractivity contribution in [3.8, 4) is 17.2 Å². The molecule has 2 rings (SSSR count). The first-order valence-electron chi connectivity index (χ1n) is 7.04. The maximum absolute atomic E-state index is 6.29. The van der Waals surface area contributed by atoms with E-state index in [0.29, 0.717) is 10.8 Å². The molecule has 0 saturated heterocycles. The zero-order valence-electron chi connectivity index (χ0n) is 12.4. The first-order chi connectivity index (χ1) is 10.2. The third-order valence-electron chi connectivity index (χ3n) is 3.04. The largest absolute Gasteiger partial charge is 0.497 e. The van der Waals surface area contributed by atoms with Crippen molar-refractivity contribution < 1.29 is 9.47 Å². The smallest absolute Gasteiger partial charge is 0.131 e. The Bertz CT molecular complexity index is 587. The van der Waals surface area contributed by atoms with Crippen LogP contribution in [0.25, 0.3) is 0 Å². The average Bonchev–Trinajstić information content (AvgIpc) is 2.50. The Hall–Kier alpha value is -1.71. The summed E-state index contributed by atoms with van der Waals surface area (Å²) in [5, 5.41) is 4.04. The first-order valence-corrected chi connectivity index (χ1v) is 7.41. The molecule has 0 aromatic heterocycles. The lowest BCUT2D eigenvalue weighted by Gasteiger charge is -2.10. The molecule has 112 valence electrons. The summed E-state index contributed by atoms with van der Waals surface area (Å²) in [6, 6.07) is 13.2. The quantitative estimate of drug-likeness (QED) is 0.756. The van der Waals surface area contributed by atoms with Crippen molar-refractivity contribution in [2.45, 2.75) is 19.9 Å². The van der Waals surface area contributed by atoms with E-state index in [0.717, 1.165) is 36.6 Å². The van der Waals surface area contributed by atoms with Crippen molar-refractivity contribution in [1.29, 1.82) is 0 Å². The van der Waals surface area contributed by atoms with E-state index in [2.05, 4.69) is 12.2 Å². The predicted molar refractivity (Wildman–Crippen MR) is 86.5 cm³/mol. The topological polar surface area (TPSA) is 30.5 Å². The van der Waals surface area contributed by atoms with E-state index >= 15 is 0 Å². The van der Waals surface area contributed by atoms with E-state index in [-0.39, 0.29) is 0 Å².